The maximum Gasteiger partial charge on any atom is 0.132 e. The number of nitrogens with zero attached hydrogens (tertiary/aromatic N) is 3. The van der Waals surface area contributed by atoms with E-state index in [4.69, 9.17) is 5.73 Å². The Morgan fingerprint density at radius 2 is 2.38 bits per heavy atom. The molecule has 0 aromatic carbocycles. The van der Waals surface area contributed by atoms with Crippen LogP contribution in [0.1, 0.15) is 13.0 Å². The van der Waals surface area contributed by atoms with Crippen LogP contribution in [0.5, 0.6) is 0 Å². The third-order valence-electron chi connectivity index (χ3n) is 2.56. The summed E-state index contributed by atoms with van der Waals surface area (Å²) in [5.41, 5.74) is 7.70. The molecule has 0 amide bonds. The van der Waals surface area contributed by atoms with Gasteiger partial charge in [0.2, 0.25) is 0 Å². The van der Waals surface area contributed by atoms with Gasteiger partial charge in [0, 0.05) is 11.8 Å². The standard InChI is InChI=1S/C12H14N4/c1-3-9(2)16-8-14-7-11(16)10-5-4-6-15-12(10)13/h3-9H,1H2,2H3,(H2,13,15). The Kier molecular flexibility index (Phi) is 2.72. The van der Waals surface area contributed by atoms with E-state index in [0.717, 1.165) is 11.3 Å². The van der Waals surface area contributed by atoms with Crippen molar-refractivity contribution in [2.45, 2.75) is 13.0 Å². The Bertz CT molecular complexity index is 501. The van der Waals surface area contributed by atoms with E-state index in [0.29, 0.717) is 5.82 Å². The molecule has 16 heavy (non-hydrogen) atoms. The van der Waals surface area contributed by atoms with Crippen molar-refractivity contribution in [2.24, 2.45) is 0 Å². The number of aromatic nitrogens is 3. The van der Waals surface area contributed by atoms with Gasteiger partial charge in [0.15, 0.2) is 0 Å². The summed E-state index contributed by atoms with van der Waals surface area (Å²) in [6.45, 7) is 5.82. The average Bonchev–Trinajstić information content (AvgIpc) is 2.77. The van der Waals surface area contributed by atoms with Gasteiger partial charge in [-0.2, -0.15) is 0 Å². The molecule has 2 aromatic heterocycles. The summed E-state index contributed by atoms with van der Waals surface area (Å²) < 4.78 is 2.01. The number of hydrogen-bond donors (Lipinski definition) is 1. The number of anilines is 1. The minimum absolute atomic E-state index is 0.178. The second-order valence-electron chi connectivity index (χ2n) is 3.60. The lowest BCUT2D eigenvalue weighted by Gasteiger charge is -2.13. The molecule has 0 aliphatic carbocycles. The third-order valence-corrected chi connectivity index (χ3v) is 2.56. The van der Waals surface area contributed by atoms with Crippen LogP contribution in [-0.4, -0.2) is 14.5 Å². The molecule has 4 heteroatoms. The molecule has 2 heterocycles. The normalized spacial score (nSPS) is 12.3. The van der Waals surface area contributed by atoms with E-state index in [2.05, 4.69) is 16.5 Å². The summed E-state index contributed by atoms with van der Waals surface area (Å²) in [6.07, 6.45) is 7.09. The maximum absolute atomic E-state index is 5.84. The number of pyridine rings is 1. The van der Waals surface area contributed by atoms with E-state index >= 15 is 0 Å². The molecule has 82 valence electrons. The summed E-state index contributed by atoms with van der Waals surface area (Å²) in [4.78, 5) is 8.21. The van der Waals surface area contributed by atoms with Crippen LogP contribution in [0, 0.1) is 0 Å². The van der Waals surface area contributed by atoms with Crippen LogP contribution in [0.4, 0.5) is 5.82 Å². The first-order chi connectivity index (χ1) is 7.74. The molecule has 0 saturated carbocycles. The third kappa shape index (κ3) is 1.69. The van der Waals surface area contributed by atoms with Crippen molar-refractivity contribution in [2.75, 3.05) is 5.73 Å². The molecule has 4 nitrogen and oxygen atoms in total. The van der Waals surface area contributed by atoms with Gasteiger partial charge in [-0.1, -0.05) is 6.08 Å². The zero-order chi connectivity index (χ0) is 11.5. The Balaban J connectivity index is 2.53. The number of rotatable bonds is 3. The molecular formula is C12H14N4. The first-order valence-corrected chi connectivity index (χ1v) is 5.09. The lowest BCUT2D eigenvalue weighted by atomic mass is 10.2. The van der Waals surface area contributed by atoms with E-state index in [-0.39, 0.29) is 6.04 Å². The van der Waals surface area contributed by atoms with Crippen molar-refractivity contribution in [3.8, 4) is 11.3 Å². The van der Waals surface area contributed by atoms with Crippen molar-refractivity contribution in [1.29, 1.82) is 0 Å². The van der Waals surface area contributed by atoms with Crippen LogP contribution in [-0.2, 0) is 0 Å². The predicted octanol–water partition coefficient (Wildman–Crippen LogP) is 2.27. The molecule has 2 N–H and O–H groups in total. The molecule has 0 radical (unpaired) electrons. The van der Waals surface area contributed by atoms with Crippen molar-refractivity contribution in [3.63, 3.8) is 0 Å². The Hall–Kier alpha value is -2.10. The fraction of sp³-hybridized carbons (Fsp3) is 0.167. The summed E-state index contributed by atoms with van der Waals surface area (Å²) in [6, 6.07) is 3.98. The summed E-state index contributed by atoms with van der Waals surface area (Å²) in [5, 5.41) is 0. The minimum atomic E-state index is 0.178. The molecular weight excluding hydrogens is 200 g/mol. The molecule has 2 rings (SSSR count). The van der Waals surface area contributed by atoms with Gasteiger partial charge in [-0.25, -0.2) is 9.97 Å². The van der Waals surface area contributed by atoms with Crippen LogP contribution < -0.4 is 5.73 Å². The number of allylic oxidation sites excluding steroid dienone is 1. The van der Waals surface area contributed by atoms with Gasteiger partial charge in [-0.05, 0) is 19.1 Å². The van der Waals surface area contributed by atoms with Crippen molar-refractivity contribution in [1.82, 2.24) is 14.5 Å². The summed E-state index contributed by atoms with van der Waals surface area (Å²) in [7, 11) is 0. The van der Waals surface area contributed by atoms with Gasteiger partial charge in [0.05, 0.1) is 24.3 Å². The molecule has 0 spiro atoms. The van der Waals surface area contributed by atoms with Gasteiger partial charge < -0.3 is 10.3 Å². The van der Waals surface area contributed by atoms with Gasteiger partial charge in [-0.3, -0.25) is 0 Å². The van der Waals surface area contributed by atoms with Crippen LogP contribution in [0.15, 0.2) is 43.5 Å². The highest BCUT2D eigenvalue weighted by Crippen LogP contribution is 2.26. The van der Waals surface area contributed by atoms with Crippen molar-refractivity contribution >= 4 is 5.82 Å². The van der Waals surface area contributed by atoms with Crippen LogP contribution in [0.2, 0.25) is 0 Å². The summed E-state index contributed by atoms with van der Waals surface area (Å²) in [5.74, 6) is 0.514. The second-order valence-corrected chi connectivity index (χ2v) is 3.60. The summed E-state index contributed by atoms with van der Waals surface area (Å²) >= 11 is 0. The van der Waals surface area contributed by atoms with Crippen LogP contribution in [0.25, 0.3) is 11.3 Å². The maximum atomic E-state index is 5.84. The highest BCUT2D eigenvalue weighted by Gasteiger charge is 2.11. The minimum Gasteiger partial charge on any atom is -0.383 e. The molecule has 0 fully saturated rings. The highest BCUT2D eigenvalue weighted by atomic mass is 15.1. The number of imidazole rings is 1. The Labute approximate surface area is 94.5 Å². The zero-order valence-corrected chi connectivity index (χ0v) is 9.17. The lowest BCUT2D eigenvalue weighted by molar-refractivity contribution is 0.668. The fourth-order valence-electron chi connectivity index (χ4n) is 1.59. The Morgan fingerprint density at radius 3 is 3.06 bits per heavy atom. The number of nitrogen functional groups attached to an aromatic ring is 1. The average molecular weight is 214 g/mol. The van der Waals surface area contributed by atoms with E-state index in [1.807, 2.05) is 29.7 Å². The molecule has 1 atom stereocenters. The van der Waals surface area contributed by atoms with E-state index in [9.17, 15) is 0 Å². The van der Waals surface area contributed by atoms with E-state index in [1.54, 1.807) is 18.7 Å². The molecule has 0 bridgehead atoms. The molecule has 2 aromatic rings. The van der Waals surface area contributed by atoms with E-state index in [1.165, 1.54) is 0 Å². The molecule has 1 unspecified atom stereocenters. The molecule has 0 saturated heterocycles. The van der Waals surface area contributed by atoms with Gasteiger partial charge in [0.25, 0.3) is 0 Å². The fourth-order valence-corrected chi connectivity index (χ4v) is 1.59. The second kappa shape index (κ2) is 4.18. The topological polar surface area (TPSA) is 56.7 Å². The highest BCUT2D eigenvalue weighted by molar-refractivity contribution is 5.70. The SMILES string of the molecule is C=CC(C)n1cncc1-c1cccnc1N. The van der Waals surface area contributed by atoms with Gasteiger partial charge in [-0.15, -0.1) is 6.58 Å². The lowest BCUT2D eigenvalue weighted by Crippen LogP contribution is -2.04. The zero-order valence-electron chi connectivity index (χ0n) is 9.17. The first-order valence-electron chi connectivity index (χ1n) is 5.09. The van der Waals surface area contributed by atoms with Crippen LogP contribution in [0.3, 0.4) is 0 Å². The first kappa shape index (κ1) is 10.4. The molecule has 0 aliphatic heterocycles. The number of nitrogens with two attached hydrogens (primary N) is 1. The number of hydrogen-bond acceptors (Lipinski definition) is 3. The molecule has 0 aliphatic rings. The van der Waals surface area contributed by atoms with Gasteiger partial charge in [0.1, 0.15) is 5.82 Å². The van der Waals surface area contributed by atoms with Crippen molar-refractivity contribution in [3.05, 3.63) is 43.5 Å². The van der Waals surface area contributed by atoms with Crippen LogP contribution >= 0.6 is 0 Å². The van der Waals surface area contributed by atoms with Gasteiger partial charge >= 0.3 is 0 Å². The monoisotopic (exact) mass is 214 g/mol. The smallest absolute Gasteiger partial charge is 0.132 e. The Morgan fingerprint density at radius 1 is 1.56 bits per heavy atom. The van der Waals surface area contributed by atoms with Crippen molar-refractivity contribution < 1.29 is 0 Å². The van der Waals surface area contributed by atoms with E-state index < -0.39 is 0 Å². The quantitative estimate of drug-likeness (QED) is 0.797. The predicted molar refractivity (Wildman–Crippen MR) is 64.8 cm³/mol. The largest absolute Gasteiger partial charge is 0.383 e.